The van der Waals surface area contributed by atoms with Gasteiger partial charge in [-0.2, -0.15) is 0 Å². The number of unbranched alkanes of at least 4 members (excludes halogenated alkanes) is 26. The predicted molar refractivity (Wildman–Crippen MR) is 245 cm³/mol. The molecule has 0 saturated carbocycles. The minimum Gasteiger partial charge on any atom is -0.252 e. The lowest BCUT2D eigenvalue weighted by Gasteiger charge is -2.13. The van der Waals surface area contributed by atoms with Crippen LogP contribution in [-0.2, 0) is 6.42 Å². The first-order valence-electron chi connectivity index (χ1n) is 23.7. The second-order valence-corrected chi connectivity index (χ2v) is 16.2. The van der Waals surface area contributed by atoms with Crippen LogP contribution in [0.3, 0.4) is 0 Å². The summed E-state index contributed by atoms with van der Waals surface area (Å²) in [6.07, 6.45) is 49.3. The number of aliphatic imine (C=N–C) groups is 2. The number of nitrogens with zero attached hydrogens (tertiary/aromatic N) is 2. The number of aryl methyl sites for hydroxylation is 1. The molecular formula is C52H86N2. The Hall–Kier alpha value is -2.48. The van der Waals surface area contributed by atoms with E-state index in [0.717, 1.165) is 43.5 Å². The van der Waals surface area contributed by atoms with Gasteiger partial charge in [0.1, 0.15) is 0 Å². The molecule has 2 aromatic rings. The van der Waals surface area contributed by atoms with E-state index < -0.39 is 0 Å². The second-order valence-electron chi connectivity index (χ2n) is 16.2. The van der Waals surface area contributed by atoms with Crippen molar-refractivity contribution < 1.29 is 0 Å². The van der Waals surface area contributed by atoms with Crippen molar-refractivity contribution in [1.29, 1.82) is 0 Å². The van der Waals surface area contributed by atoms with E-state index in [9.17, 15) is 0 Å². The molecule has 2 nitrogen and oxygen atoms in total. The third-order valence-electron chi connectivity index (χ3n) is 11.1. The smallest absolute Gasteiger partial charge is 0.0665 e. The maximum Gasteiger partial charge on any atom is 0.0665 e. The van der Waals surface area contributed by atoms with Crippen molar-refractivity contribution in [3.8, 4) is 0 Å². The van der Waals surface area contributed by atoms with Gasteiger partial charge in [-0.25, -0.2) is 0 Å². The summed E-state index contributed by atoms with van der Waals surface area (Å²) >= 11 is 0. The summed E-state index contributed by atoms with van der Waals surface area (Å²) in [5.74, 6) is 0. The van der Waals surface area contributed by atoms with Crippen LogP contribution in [0, 0.1) is 0 Å². The molecule has 0 atom stereocenters. The van der Waals surface area contributed by atoms with E-state index in [1.807, 2.05) is 0 Å². The van der Waals surface area contributed by atoms with Crippen LogP contribution in [0.25, 0.3) is 0 Å². The average molecular weight is 739 g/mol. The van der Waals surface area contributed by atoms with Gasteiger partial charge in [0.15, 0.2) is 0 Å². The number of rotatable bonds is 37. The molecule has 0 aliphatic heterocycles. The minimum absolute atomic E-state index is 0.990. The molecule has 0 bridgehead atoms. The van der Waals surface area contributed by atoms with Gasteiger partial charge in [0.25, 0.3) is 0 Å². The van der Waals surface area contributed by atoms with Crippen LogP contribution in [-0.4, -0.2) is 11.4 Å². The summed E-state index contributed by atoms with van der Waals surface area (Å²) in [5, 5.41) is 0. The Morgan fingerprint density at radius 3 is 1.33 bits per heavy atom. The average Bonchev–Trinajstić information content (AvgIpc) is 3.20. The van der Waals surface area contributed by atoms with Crippen LogP contribution >= 0.6 is 0 Å². The van der Waals surface area contributed by atoms with Gasteiger partial charge in [0.05, 0.1) is 22.8 Å². The molecular weight excluding hydrogens is 653 g/mol. The standard InChI is InChI=1S/C52H86N2/c1-4-7-10-12-13-14-15-16-17-18-19-20-21-22-23-24-25-26-27-28-29-30-31-32-33-35-41-48-42-39-40-46-50(48)54-52(45-9-6-3)51(47-38-11-8-5-2)53-49-43-36-34-37-44-49/h32-34,36-37,39-40,42-44,46H,4-31,35,38,41,45,47H2,1-3H3. The third-order valence-corrected chi connectivity index (χ3v) is 11.1. The van der Waals surface area contributed by atoms with E-state index >= 15 is 0 Å². The lowest BCUT2D eigenvalue weighted by atomic mass is 10.0. The second kappa shape index (κ2) is 36.2. The van der Waals surface area contributed by atoms with E-state index in [-0.39, 0.29) is 0 Å². The fourth-order valence-electron chi connectivity index (χ4n) is 7.57. The van der Waals surface area contributed by atoms with Gasteiger partial charge in [0, 0.05) is 0 Å². The first-order chi connectivity index (χ1) is 26.8. The van der Waals surface area contributed by atoms with Crippen LogP contribution in [0.4, 0.5) is 11.4 Å². The molecule has 0 aliphatic rings. The van der Waals surface area contributed by atoms with Crippen molar-refractivity contribution in [1.82, 2.24) is 0 Å². The Bertz CT molecular complexity index is 1190. The van der Waals surface area contributed by atoms with E-state index in [1.165, 1.54) is 197 Å². The number of hydrogen-bond acceptors (Lipinski definition) is 2. The summed E-state index contributed by atoms with van der Waals surface area (Å²) < 4.78 is 0. The number of benzene rings is 2. The molecule has 0 saturated heterocycles. The highest BCUT2D eigenvalue weighted by molar-refractivity contribution is 6.43. The molecule has 2 heteroatoms. The van der Waals surface area contributed by atoms with E-state index in [4.69, 9.17) is 9.98 Å². The van der Waals surface area contributed by atoms with Crippen LogP contribution in [0.15, 0.2) is 76.7 Å². The first kappa shape index (κ1) is 47.7. The number of hydrogen-bond donors (Lipinski definition) is 0. The topological polar surface area (TPSA) is 24.7 Å². The molecule has 2 rings (SSSR count). The lowest BCUT2D eigenvalue weighted by molar-refractivity contribution is 0.519. The highest BCUT2D eigenvalue weighted by atomic mass is 14.8. The normalized spacial score (nSPS) is 12.4. The molecule has 0 amide bonds. The maximum absolute atomic E-state index is 5.37. The molecule has 2 aromatic carbocycles. The fourth-order valence-corrected chi connectivity index (χ4v) is 7.57. The third kappa shape index (κ3) is 26.3. The molecule has 0 heterocycles. The largest absolute Gasteiger partial charge is 0.252 e. The van der Waals surface area contributed by atoms with Crippen molar-refractivity contribution in [3.63, 3.8) is 0 Å². The zero-order valence-electron chi connectivity index (χ0n) is 36.1. The molecule has 54 heavy (non-hydrogen) atoms. The van der Waals surface area contributed by atoms with Gasteiger partial charge in [-0.15, -0.1) is 0 Å². The van der Waals surface area contributed by atoms with Gasteiger partial charge in [-0.05, 0) is 75.1 Å². The summed E-state index contributed by atoms with van der Waals surface area (Å²) in [6, 6.07) is 19.3. The molecule has 0 radical (unpaired) electrons. The number of allylic oxidation sites excluding steroid dienone is 2. The van der Waals surface area contributed by atoms with E-state index in [1.54, 1.807) is 0 Å². The Morgan fingerprint density at radius 2 is 0.796 bits per heavy atom. The molecule has 0 aromatic heterocycles. The van der Waals surface area contributed by atoms with Crippen molar-refractivity contribution in [3.05, 3.63) is 72.3 Å². The Kier molecular flexibility index (Phi) is 31.9. The molecule has 304 valence electrons. The van der Waals surface area contributed by atoms with Crippen molar-refractivity contribution in [2.75, 3.05) is 0 Å². The predicted octanol–water partition coefficient (Wildman–Crippen LogP) is 18.2. The zero-order chi connectivity index (χ0) is 38.4. The zero-order valence-corrected chi connectivity index (χ0v) is 36.1. The van der Waals surface area contributed by atoms with Gasteiger partial charge < -0.3 is 0 Å². The van der Waals surface area contributed by atoms with Gasteiger partial charge in [0.2, 0.25) is 0 Å². The number of para-hydroxylation sites is 2. The van der Waals surface area contributed by atoms with Gasteiger partial charge >= 0.3 is 0 Å². The van der Waals surface area contributed by atoms with Crippen LogP contribution in [0.2, 0.25) is 0 Å². The van der Waals surface area contributed by atoms with Gasteiger partial charge in [-0.3, -0.25) is 9.98 Å². The van der Waals surface area contributed by atoms with Crippen LogP contribution in [0.1, 0.15) is 232 Å². The summed E-state index contributed by atoms with van der Waals surface area (Å²) in [6.45, 7) is 6.86. The Morgan fingerprint density at radius 1 is 0.389 bits per heavy atom. The van der Waals surface area contributed by atoms with Gasteiger partial charge in [-0.1, -0.05) is 230 Å². The molecule has 0 N–H and O–H groups in total. The van der Waals surface area contributed by atoms with Crippen LogP contribution in [0.5, 0.6) is 0 Å². The minimum atomic E-state index is 0.990. The highest BCUT2D eigenvalue weighted by Gasteiger charge is 2.12. The fraction of sp³-hybridized carbons (Fsp3) is 0.692. The molecule has 0 spiro atoms. The van der Waals surface area contributed by atoms with E-state index in [0.29, 0.717) is 0 Å². The highest BCUT2D eigenvalue weighted by Crippen LogP contribution is 2.24. The Balaban J connectivity index is 1.59. The van der Waals surface area contributed by atoms with Crippen molar-refractivity contribution in [2.24, 2.45) is 9.98 Å². The quantitative estimate of drug-likeness (QED) is 0.0375. The van der Waals surface area contributed by atoms with Crippen molar-refractivity contribution in [2.45, 2.75) is 233 Å². The molecule has 0 unspecified atom stereocenters. The summed E-state index contributed by atoms with van der Waals surface area (Å²) in [5.41, 5.74) is 5.89. The molecule has 0 fully saturated rings. The maximum atomic E-state index is 5.37. The molecule has 0 aliphatic carbocycles. The van der Waals surface area contributed by atoms with Crippen molar-refractivity contribution >= 4 is 22.8 Å². The summed E-state index contributed by atoms with van der Waals surface area (Å²) in [4.78, 5) is 10.5. The SMILES string of the molecule is CCCCCCCCCCCCCCCCCCCCCCCCC=CCCc1ccccc1N=C(CCCC)C(CCCCCC)=Nc1ccccc1. The Labute approximate surface area is 336 Å². The van der Waals surface area contributed by atoms with E-state index in [2.05, 4.69) is 87.5 Å². The lowest BCUT2D eigenvalue weighted by Crippen LogP contribution is -2.14. The van der Waals surface area contributed by atoms with Crippen LogP contribution < -0.4 is 0 Å². The summed E-state index contributed by atoms with van der Waals surface area (Å²) in [7, 11) is 0. The monoisotopic (exact) mass is 739 g/mol. The first-order valence-corrected chi connectivity index (χ1v) is 23.7.